The van der Waals surface area contributed by atoms with Gasteiger partial charge in [0.2, 0.25) is 0 Å². The van der Waals surface area contributed by atoms with E-state index in [4.69, 9.17) is 0 Å². The zero-order valence-corrected chi connectivity index (χ0v) is 8.54. The number of carbonyl (C=O) groups is 1. The average Bonchev–Trinajstić information content (AvgIpc) is 2.97. The topological polar surface area (TPSA) is 17.1 Å². The molecule has 0 aliphatic heterocycles. The first-order chi connectivity index (χ1) is 7.36. The molecule has 8 atom stereocenters. The molecule has 0 N–H and O–H groups in total. The van der Waals surface area contributed by atoms with Crippen LogP contribution in [0.2, 0.25) is 0 Å². The van der Waals surface area contributed by atoms with E-state index in [-0.39, 0.29) is 0 Å². The maximum Gasteiger partial charge on any atom is 0.147 e. The molecule has 6 aliphatic rings. The largest absolute Gasteiger partial charge is 0.298 e. The van der Waals surface area contributed by atoms with Gasteiger partial charge in [-0.05, 0) is 41.9 Å². The van der Waals surface area contributed by atoms with Crippen LogP contribution in [0.25, 0.3) is 0 Å². The Morgan fingerprint density at radius 2 is 1.40 bits per heavy atom. The van der Waals surface area contributed by atoms with Gasteiger partial charge in [-0.3, -0.25) is 4.79 Å². The standard InChI is InChI=1S/C14H14O/c15-14-8-3-4-9(14)13-7-2-1-6(12(8)13)10-5-11(7)10/h1-4,6-13H,5H2/t6-,7+,8-,9+,10-,11+,12+,13-. The second-order valence-corrected chi connectivity index (χ2v) is 6.10. The van der Waals surface area contributed by atoms with Gasteiger partial charge in [0.25, 0.3) is 0 Å². The minimum atomic E-state index is 0.305. The molecule has 1 heteroatoms. The summed E-state index contributed by atoms with van der Waals surface area (Å²) < 4.78 is 0. The fourth-order valence-electron chi connectivity index (χ4n) is 5.25. The SMILES string of the molecule is O=C1[C@H]2C=C[C@@H]1[C@@H]1[C@@H]3C=C[C@@H]([C@@H]4C[C@H]34)[C@@H]12. The number of hydrogen-bond donors (Lipinski definition) is 0. The molecule has 0 aromatic carbocycles. The minimum absolute atomic E-state index is 0.305. The van der Waals surface area contributed by atoms with Crippen LogP contribution in [0.15, 0.2) is 24.3 Å². The lowest BCUT2D eigenvalue weighted by Crippen LogP contribution is -2.40. The maximum atomic E-state index is 12.1. The molecule has 6 rings (SSSR count). The van der Waals surface area contributed by atoms with Crippen LogP contribution in [0, 0.1) is 47.3 Å². The van der Waals surface area contributed by atoms with E-state index in [0.29, 0.717) is 29.5 Å². The summed E-state index contributed by atoms with van der Waals surface area (Å²) in [4.78, 5) is 12.1. The molecule has 6 aliphatic carbocycles. The first kappa shape index (κ1) is 7.43. The van der Waals surface area contributed by atoms with E-state index < -0.39 is 0 Å². The number of fused-ring (bicyclic) bond motifs is 2. The fourth-order valence-corrected chi connectivity index (χ4v) is 5.25. The fraction of sp³-hybridized carbons (Fsp3) is 0.643. The third-order valence-corrected chi connectivity index (χ3v) is 5.78. The Hall–Kier alpha value is -0.850. The minimum Gasteiger partial charge on any atom is -0.298 e. The van der Waals surface area contributed by atoms with E-state index in [1.807, 2.05) is 0 Å². The van der Waals surface area contributed by atoms with E-state index in [2.05, 4.69) is 24.3 Å². The van der Waals surface area contributed by atoms with Gasteiger partial charge in [-0.1, -0.05) is 24.3 Å². The van der Waals surface area contributed by atoms with Crippen LogP contribution in [0.1, 0.15) is 6.42 Å². The molecule has 0 aromatic heterocycles. The van der Waals surface area contributed by atoms with Gasteiger partial charge in [0.05, 0.1) is 0 Å². The van der Waals surface area contributed by atoms with Crippen molar-refractivity contribution in [2.45, 2.75) is 6.42 Å². The molecule has 0 heterocycles. The highest BCUT2D eigenvalue weighted by Gasteiger charge is 2.67. The zero-order valence-electron chi connectivity index (χ0n) is 8.54. The smallest absolute Gasteiger partial charge is 0.147 e. The number of carbonyl (C=O) groups excluding carboxylic acids is 1. The van der Waals surface area contributed by atoms with Gasteiger partial charge in [-0.15, -0.1) is 0 Å². The second-order valence-electron chi connectivity index (χ2n) is 6.10. The third-order valence-electron chi connectivity index (χ3n) is 5.78. The van der Waals surface area contributed by atoms with Crippen LogP contribution in [0.3, 0.4) is 0 Å². The van der Waals surface area contributed by atoms with Gasteiger partial charge in [-0.2, -0.15) is 0 Å². The highest BCUT2D eigenvalue weighted by molar-refractivity contribution is 5.92. The van der Waals surface area contributed by atoms with E-state index in [9.17, 15) is 4.79 Å². The van der Waals surface area contributed by atoms with Gasteiger partial charge in [0.1, 0.15) is 5.78 Å². The van der Waals surface area contributed by atoms with E-state index in [1.165, 1.54) is 6.42 Å². The van der Waals surface area contributed by atoms with Gasteiger partial charge >= 0.3 is 0 Å². The summed E-state index contributed by atoms with van der Waals surface area (Å²) in [5.74, 6) is 5.99. The van der Waals surface area contributed by atoms with Gasteiger partial charge in [0.15, 0.2) is 0 Å². The van der Waals surface area contributed by atoms with Crippen molar-refractivity contribution in [2.24, 2.45) is 47.3 Å². The molecule has 0 spiro atoms. The lowest BCUT2D eigenvalue weighted by molar-refractivity contribution is -0.121. The predicted molar refractivity (Wildman–Crippen MR) is 55.8 cm³/mol. The Kier molecular flexibility index (Phi) is 0.991. The normalized spacial score (nSPS) is 66.0. The Bertz CT molecular complexity index is 397. The number of allylic oxidation sites excluding steroid dienone is 4. The quantitative estimate of drug-likeness (QED) is 0.544. The van der Waals surface area contributed by atoms with Crippen molar-refractivity contribution in [3.05, 3.63) is 24.3 Å². The number of rotatable bonds is 0. The first-order valence-electron chi connectivity index (χ1n) is 6.26. The summed E-state index contributed by atoms with van der Waals surface area (Å²) in [5, 5.41) is 0. The first-order valence-corrected chi connectivity index (χ1v) is 6.26. The monoisotopic (exact) mass is 198 g/mol. The van der Waals surface area contributed by atoms with Crippen molar-refractivity contribution in [3.63, 3.8) is 0 Å². The van der Waals surface area contributed by atoms with Crippen molar-refractivity contribution < 1.29 is 4.79 Å². The molecular weight excluding hydrogens is 184 g/mol. The van der Waals surface area contributed by atoms with Crippen molar-refractivity contribution >= 4 is 5.78 Å². The van der Waals surface area contributed by atoms with Crippen molar-refractivity contribution in [1.29, 1.82) is 0 Å². The van der Waals surface area contributed by atoms with E-state index in [1.54, 1.807) is 0 Å². The molecule has 3 saturated carbocycles. The van der Waals surface area contributed by atoms with Crippen LogP contribution in [0.4, 0.5) is 0 Å². The lowest BCUT2D eigenvalue weighted by Gasteiger charge is -2.44. The maximum absolute atomic E-state index is 12.1. The van der Waals surface area contributed by atoms with Gasteiger partial charge < -0.3 is 0 Å². The van der Waals surface area contributed by atoms with Crippen molar-refractivity contribution in [2.75, 3.05) is 0 Å². The molecule has 0 unspecified atom stereocenters. The van der Waals surface area contributed by atoms with Crippen LogP contribution in [-0.4, -0.2) is 5.78 Å². The molecule has 15 heavy (non-hydrogen) atoms. The second kappa shape index (κ2) is 2.00. The predicted octanol–water partition coefficient (Wildman–Crippen LogP) is 2.06. The Morgan fingerprint density at radius 1 is 0.867 bits per heavy atom. The molecule has 1 nitrogen and oxygen atoms in total. The third kappa shape index (κ3) is 0.625. The molecule has 0 aromatic rings. The van der Waals surface area contributed by atoms with E-state index in [0.717, 1.165) is 23.7 Å². The van der Waals surface area contributed by atoms with Crippen LogP contribution < -0.4 is 0 Å². The Labute approximate surface area is 89.2 Å². The highest BCUT2D eigenvalue weighted by atomic mass is 16.1. The summed E-state index contributed by atoms with van der Waals surface area (Å²) in [6, 6.07) is 0. The molecule has 0 radical (unpaired) electrons. The van der Waals surface area contributed by atoms with Crippen molar-refractivity contribution in [3.8, 4) is 0 Å². The van der Waals surface area contributed by atoms with Crippen molar-refractivity contribution in [1.82, 2.24) is 0 Å². The molecular formula is C14H14O. The Balaban J connectivity index is 1.73. The number of ketones is 1. The summed E-state index contributed by atoms with van der Waals surface area (Å²) in [6.45, 7) is 0. The summed E-state index contributed by atoms with van der Waals surface area (Å²) in [7, 11) is 0. The summed E-state index contributed by atoms with van der Waals surface area (Å²) >= 11 is 0. The summed E-state index contributed by atoms with van der Waals surface area (Å²) in [5.41, 5.74) is 0. The van der Waals surface area contributed by atoms with E-state index >= 15 is 0 Å². The molecule has 4 bridgehead atoms. The molecule has 3 fully saturated rings. The van der Waals surface area contributed by atoms with Gasteiger partial charge in [-0.25, -0.2) is 0 Å². The van der Waals surface area contributed by atoms with Gasteiger partial charge in [0, 0.05) is 11.8 Å². The number of Topliss-reactive ketones (excluding diaryl/α,β-unsaturated/α-hetero) is 1. The molecule has 0 amide bonds. The molecule has 76 valence electrons. The average molecular weight is 198 g/mol. The lowest BCUT2D eigenvalue weighted by atomic mass is 9.59. The van der Waals surface area contributed by atoms with Crippen LogP contribution in [0.5, 0.6) is 0 Å². The van der Waals surface area contributed by atoms with Crippen LogP contribution in [-0.2, 0) is 4.79 Å². The zero-order chi connectivity index (χ0) is 9.73. The molecule has 0 saturated heterocycles. The highest BCUT2D eigenvalue weighted by Crippen LogP contribution is 2.69. The Morgan fingerprint density at radius 3 is 1.93 bits per heavy atom. The number of hydrogen-bond acceptors (Lipinski definition) is 1. The van der Waals surface area contributed by atoms with Crippen LogP contribution >= 0.6 is 0 Å². The summed E-state index contributed by atoms with van der Waals surface area (Å²) in [6.07, 6.45) is 10.8.